The Labute approximate surface area is 91.1 Å². The van der Waals surface area contributed by atoms with E-state index in [1.54, 1.807) is 19.1 Å². The van der Waals surface area contributed by atoms with Crippen molar-refractivity contribution in [2.45, 2.75) is 20.8 Å². The summed E-state index contributed by atoms with van der Waals surface area (Å²) in [4.78, 5) is 0. The van der Waals surface area contributed by atoms with Gasteiger partial charge in [-0.2, -0.15) is 0 Å². The molecule has 80 valence electrons. The Morgan fingerprint density at radius 3 is 2.47 bits per heavy atom. The van der Waals surface area contributed by atoms with E-state index in [2.05, 4.69) is 27.0 Å². The van der Waals surface area contributed by atoms with Gasteiger partial charge in [0, 0.05) is 0 Å². The lowest BCUT2D eigenvalue weighted by Crippen LogP contribution is -1.98. The van der Waals surface area contributed by atoms with Crippen LogP contribution in [0.2, 0.25) is 0 Å². The van der Waals surface area contributed by atoms with Gasteiger partial charge in [0.05, 0.1) is 0 Å². The van der Waals surface area contributed by atoms with Crippen LogP contribution in [0.25, 0.3) is 11.6 Å². The fourth-order valence-electron chi connectivity index (χ4n) is 1.56. The van der Waals surface area contributed by atoms with Crippen LogP contribution >= 0.6 is 0 Å². The van der Waals surface area contributed by atoms with Crippen LogP contribution in [0.3, 0.4) is 0 Å². The minimum Gasteiger partial charge on any atom is -0.207 e. The van der Waals surface area contributed by atoms with Crippen LogP contribution in [0.1, 0.15) is 30.5 Å². The average Bonchev–Trinajstić information content (AvgIpc) is 2.20. The minimum atomic E-state index is -0.190. The number of halogens is 1. The van der Waals surface area contributed by atoms with Gasteiger partial charge in [-0.05, 0) is 41.2 Å². The minimum absolute atomic E-state index is 0.190. The first kappa shape index (κ1) is 11.7. The van der Waals surface area contributed by atoms with E-state index in [4.69, 9.17) is 0 Å². The highest BCUT2D eigenvalue weighted by Crippen LogP contribution is 2.28. The van der Waals surface area contributed by atoms with Crippen LogP contribution in [0.5, 0.6) is 0 Å². The SMILES string of the molecule is C=Cc1c(C(=C)C(C)C)ccc(F)c1C. The fraction of sp³-hybridized carbons (Fsp3) is 0.286. The molecule has 1 rings (SSSR count). The summed E-state index contributed by atoms with van der Waals surface area (Å²) in [6.45, 7) is 13.7. The Morgan fingerprint density at radius 2 is 2.00 bits per heavy atom. The molecule has 0 saturated carbocycles. The van der Waals surface area contributed by atoms with Crippen molar-refractivity contribution in [2.75, 3.05) is 0 Å². The van der Waals surface area contributed by atoms with Gasteiger partial charge < -0.3 is 0 Å². The Balaban J connectivity index is 3.37. The Hall–Kier alpha value is -1.37. The second kappa shape index (κ2) is 4.43. The molecule has 0 bridgehead atoms. The molecule has 0 atom stereocenters. The van der Waals surface area contributed by atoms with Gasteiger partial charge in [-0.25, -0.2) is 4.39 Å². The maximum atomic E-state index is 13.3. The number of rotatable bonds is 3. The second-order valence-electron chi connectivity index (χ2n) is 4.02. The van der Waals surface area contributed by atoms with Gasteiger partial charge in [0.1, 0.15) is 5.82 Å². The Morgan fingerprint density at radius 1 is 1.40 bits per heavy atom. The number of hydrogen-bond acceptors (Lipinski definition) is 0. The second-order valence-corrected chi connectivity index (χ2v) is 4.02. The summed E-state index contributed by atoms with van der Waals surface area (Å²) in [6, 6.07) is 3.27. The molecule has 1 aromatic rings. The van der Waals surface area contributed by atoms with Gasteiger partial charge in [0.25, 0.3) is 0 Å². The van der Waals surface area contributed by atoms with Gasteiger partial charge in [-0.15, -0.1) is 0 Å². The van der Waals surface area contributed by atoms with E-state index in [9.17, 15) is 4.39 Å². The molecule has 0 saturated heterocycles. The van der Waals surface area contributed by atoms with Crippen molar-refractivity contribution < 1.29 is 4.39 Å². The summed E-state index contributed by atoms with van der Waals surface area (Å²) in [7, 11) is 0. The number of allylic oxidation sites excluding steroid dienone is 1. The van der Waals surface area contributed by atoms with Crippen molar-refractivity contribution in [2.24, 2.45) is 5.92 Å². The monoisotopic (exact) mass is 204 g/mol. The van der Waals surface area contributed by atoms with Gasteiger partial charge in [0.2, 0.25) is 0 Å². The lowest BCUT2D eigenvalue weighted by molar-refractivity contribution is 0.617. The lowest BCUT2D eigenvalue weighted by Gasteiger charge is -2.15. The molecule has 0 aliphatic heterocycles. The topological polar surface area (TPSA) is 0 Å². The van der Waals surface area contributed by atoms with Crippen LogP contribution in [-0.4, -0.2) is 0 Å². The van der Waals surface area contributed by atoms with Crippen LogP contribution in [0.4, 0.5) is 4.39 Å². The lowest BCUT2D eigenvalue weighted by atomic mass is 9.90. The van der Waals surface area contributed by atoms with E-state index in [0.717, 1.165) is 16.7 Å². The average molecular weight is 204 g/mol. The van der Waals surface area contributed by atoms with Crippen molar-refractivity contribution in [1.29, 1.82) is 0 Å². The van der Waals surface area contributed by atoms with Crippen molar-refractivity contribution in [3.8, 4) is 0 Å². The van der Waals surface area contributed by atoms with E-state index in [1.165, 1.54) is 6.07 Å². The molecule has 0 nitrogen and oxygen atoms in total. The number of benzene rings is 1. The van der Waals surface area contributed by atoms with E-state index in [-0.39, 0.29) is 5.82 Å². The molecule has 0 aliphatic rings. The van der Waals surface area contributed by atoms with E-state index < -0.39 is 0 Å². The zero-order valence-corrected chi connectivity index (χ0v) is 9.60. The molecule has 0 spiro atoms. The molecule has 0 unspecified atom stereocenters. The van der Waals surface area contributed by atoms with Gasteiger partial charge in [-0.3, -0.25) is 0 Å². The third kappa shape index (κ3) is 2.17. The van der Waals surface area contributed by atoms with Crippen LogP contribution < -0.4 is 0 Å². The highest BCUT2D eigenvalue weighted by Gasteiger charge is 2.11. The van der Waals surface area contributed by atoms with Crippen LogP contribution in [-0.2, 0) is 0 Å². The molecular formula is C14H17F. The molecule has 0 fully saturated rings. The molecule has 0 aliphatic carbocycles. The molecule has 0 aromatic heterocycles. The molecule has 1 heteroatoms. The molecule has 0 N–H and O–H groups in total. The predicted octanol–water partition coefficient (Wildman–Crippen LogP) is 4.45. The molecule has 0 amide bonds. The van der Waals surface area contributed by atoms with E-state index in [0.29, 0.717) is 11.5 Å². The first-order valence-electron chi connectivity index (χ1n) is 5.09. The first-order chi connectivity index (χ1) is 6.99. The molecule has 1 aromatic carbocycles. The highest BCUT2D eigenvalue weighted by atomic mass is 19.1. The summed E-state index contributed by atoms with van der Waals surface area (Å²) in [6.07, 6.45) is 1.70. The van der Waals surface area contributed by atoms with Gasteiger partial charge in [0.15, 0.2) is 0 Å². The van der Waals surface area contributed by atoms with Gasteiger partial charge >= 0.3 is 0 Å². The van der Waals surface area contributed by atoms with E-state index >= 15 is 0 Å². The zero-order chi connectivity index (χ0) is 11.6. The summed E-state index contributed by atoms with van der Waals surface area (Å²) in [5.41, 5.74) is 3.52. The summed E-state index contributed by atoms with van der Waals surface area (Å²) < 4.78 is 13.3. The third-order valence-corrected chi connectivity index (χ3v) is 2.70. The van der Waals surface area contributed by atoms with Crippen molar-refractivity contribution in [3.63, 3.8) is 0 Å². The van der Waals surface area contributed by atoms with Crippen molar-refractivity contribution >= 4 is 11.6 Å². The summed E-state index contributed by atoms with van der Waals surface area (Å²) in [5, 5.41) is 0. The normalized spacial score (nSPS) is 10.5. The van der Waals surface area contributed by atoms with Crippen LogP contribution in [0.15, 0.2) is 25.3 Å². The highest BCUT2D eigenvalue weighted by molar-refractivity contribution is 5.75. The maximum Gasteiger partial charge on any atom is 0.126 e. The molecule has 15 heavy (non-hydrogen) atoms. The fourth-order valence-corrected chi connectivity index (χ4v) is 1.56. The number of hydrogen-bond donors (Lipinski definition) is 0. The molecular weight excluding hydrogens is 187 g/mol. The molecule has 0 heterocycles. The first-order valence-corrected chi connectivity index (χ1v) is 5.09. The molecule has 0 radical (unpaired) electrons. The third-order valence-electron chi connectivity index (χ3n) is 2.70. The van der Waals surface area contributed by atoms with E-state index in [1.807, 2.05) is 0 Å². The van der Waals surface area contributed by atoms with Gasteiger partial charge in [-0.1, -0.05) is 39.1 Å². The summed E-state index contributed by atoms with van der Waals surface area (Å²) >= 11 is 0. The summed E-state index contributed by atoms with van der Waals surface area (Å²) in [5.74, 6) is 0.166. The standard InChI is InChI=1S/C14H17F/c1-6-12-11(5)14(15)8-7-13(12)10(4)9(2)3/h6-9H,1,4H2,2-3,5H3. The smallest absolute Gasteiger partial charge is 0.126 e. The Bertz CT molecular complexity index is 400. The largest absolute Gasteiger partial charge is 0.207 e. The Kier molecular flexibility index (Phi) is 3.46. The predicted molar refractivity (Wildman–Crippen MR) is 65.1 cm³/mol. The van der Waals surface area contributed by atoms with Crippen molar-refractivity contribution in [3.05, 3.63) is 47.8 Å². The zero-order valence-electron chi connectivity index (χ0n) is 9.60. The quantitative estimate of drug-likeness (QED) is 0.682. The van der Waals surface area contributed by atoms with Crippen molar-refractivity contribution in [1.82, 2.24) is 0 Å². The van der Waals surface area contributed by atoms with Crippen LogP contribution in [0, 0.1) is 18.7 Å². The maximum absolute atomic E-state index is 13.3.